The van der Waals surface area contributed by atoms with Crippen LogP contribution in [0.3, 0.4) is 0 Å². The molecule has 11 heteroatoms. The highest BCUT2D eigenvalue weighted by Crippen LogP contribution is 2.22. The molecule has 2 atom stereocenters. The monoisotopic (exact) mass is 529 g/mol. The predicted octanol–water partition coefficient (Wildman–Crippen LogP) is 4.11. The molecule has 0 unspecified atom stereocenters. The van der Waals surface area contributed by atoms with E-state index in [9.17, 15) is 26.8 Å². The highest BCUT2D eigenvalue weighted by atomic mass is 35.5. The van der Waals surface area contributed by atoms with Crippen LogP contribution in [0.1, 0.15) is 39.2 Å². The van der Waals surface area contributed by atoms with Crippen LogP contribution in [0.2, 0.25) is 5.02 Å². The summed E-state index contributed by atoms with van der Waals surface area (Å²) in [6.07, 6.45) is 1.81. The maximum atomic E-state index is 13.8. The number of carbonyl (C=O) groups excluding carboxylic acids is 2. The number of benzene rings is 2. The fraction of sp³-hybridized carbons (Fsp3) is 0.417. The first kappa shape index (κ1) is 28.5. The minimum atomic E-state index is -4.05. The first-order chi connectivity index (χ1) is 16.4. The van der Waals surface area contributed by atoms with E-state index in [0.717, 1.165) is 18.4 Å². The van der Waals surface area contributed by atoms with Crippen LogP contribution in [0.5, 0.6) is 0 Å². The molecule has 7 nitrogen and oxygen atoms in total. The number of nitrogens with zero attached hydrogens (tertiary/aromatic N) is 2. The van der Waals surface area contributed by atoms with E-state index in [4.69, 9.17) is 11.6 Å². The van der Waals surface area contributed by atoms with Gasteiger partial charge in [0.2, 0.25) is 21.8 Å². The molecular weight excluding hydrogens is 500 g/mol. The predicted molar refractivity (Wildman–Crippen MR) is 133 cm³/mol. The molecule has 2 amide bonds. The molecule has 0 aliphatic heterocycles. The van der Waals surface area contributed by atoms with Crippen LogP contribution >= 0.6 is 11.6 Å². The van der Waals surface area contributed by atoms with Gasteiger partial charge in [-0.2, -0.15) is 0 Å². The molecule has 2 rings (SSSR count). The Morgan fingerprint density at radius 2 is 1.66 bits per heavy atom. The van der Waals surface area contributed by atoms with E-state index in [0.29, 0.717) is 27.4 Å². The minimum Gasteiger partial charge on any atom is -0.352 e. The topological polar surface area (TPSA) is 86.8 Å². The summed E-state index contributed by atoms with van der Waals surface area (Å²) in [6, 6.07) is 8.23. The number of hydrogen-bond donors (Lipinski definition) is 1. The van der Waals surface area contributed by atoms with Gasteiger partial charge in [0, 0.05) is 23.7 Å². The molecule has 192 valence electrons. The van der Waals surface area contributed by atoms with Crippen LogP contribution in [0, 0.1) is 11.6 Å². The third kappa shape index (κ3) is 7.90. The van der Waals surface area contributed by atoms with Crippen LogP contribution in [0.25, 0.3) is 0 Å². The second-order valence-corrected chi connectivity index (χ2v) is 10.6. The van der Waals surface area contributed by atoms with Gasteiger partial charge in [0.1, 0.15) is 12.6 Å². The lowest BCUT2D eigenvalue weighted by Gasteiger charge is -2.33. The summed E-state index contributed by atoms with van der Waals surface area (Å²) in [5.74, 6) is -3.45. The highest BCUT2D eigenvalue weighted by molar-refractivity contribution is 7.92. The van der Waals surface area contributed by atoms with Crippen molar-refractivity contribution in [1.82, 2.24) is 10.2 Å². The Hall–Kier alpha value is -2.72. The van der Waals surface area contributed by atoms with Gasteiger partial charge in [-0.15, -0.1) is 0 Å². The summed E-state index contributed by atoms with van der Waals surface area (Å²) in [5, 5.41) is 3.36. The van der Waals surface area contributed by atoms with Gasteiger partial charge in [0.05, 0.1) is 11.9 Å². The number of carbonyl (C=O) groups is 2. The SMILES string of the molecule is CC[C@H](C(=O)N[C@@H](C)CC)N(Cc1ccc(Cl)cc1)C(=O)CN(c1ccc(F)c(F)c1)S(C)(=O)=O. The zero-order valence-electron chi connectivity index (χ0n) is 20.1. The normalized spacial score (nSPS) is 13.1. The Balaban J connectivity index is 2.45. The van der Waals surface area contributed by atoms with Crippen LogP contribution in [0.15, 0.2) is 42.5 Å². The lowest BCUT2D eigenvalue weighted by molar-refractivity contribution is -0.140. The summed E-state index contributed by atoms with van der Waals surface area (Å²) in [5.41, 5.74) is 0.472. The van der Waals surface area contributed by atoms with Crippen molar-refractivity contribution in [2.75, 3.05) is 17.1 Å². The average Bonchev–Trinajstić information content (AvgIpc) is 2.79. The van der Waals surface area contributed by atoms with Crippen molar-refractivity contribution >= 4 is 39.1 Å². The summed E-state index contributed by atoms with van der Waals surface area (Å²) in [7, 11) is -4.05. The van der Waals surface area contributed by atoms with Crippen molar-refractivity contribution in [3.63, 3.8) is 0 Å². The Morgan fingerprint density at radius 3 is 2.17 bits per heavy atom. The zero-order chi connectivity index (χ0) is 26.3. The number of amides is 2. The summed E-state index contributed by atoms with van der Waals surface area (Å²) in [4.78, 5) is 27.8. The molecule has 35 heavy (non-hydrogen) atoms. The van der Waals surface area contributed by atoms with E-state index in [1.54, 1.807) is 31.2 Å². The van der Waals surface area contributed by atoms with Crippen LogP contribution in [0.4, 0.5) is 14.5 Å². The van der Waals surface area contributed by atoms with E-state index in [1.165, 1.54) is 4.90 Å². The summed E-state index contributed by atoms with van der Waals surface area (Å²) in [6.45, 7) is 4.80. The fourth-order valence-electron chi connectivity index (χ4n) is 3.40. The van der Waals surface area contributed by atoms with Crippen molar-refractivity contribution in [2.45, 2.75) is 52.2 Å². The van der Waals surface area contributed by atoms with Gasteiger partial charge in [-0.05, 0) is 49.6 Å². The third-order valence-corrected chi connectivity index (χ3v) is 6.92. The summed E-state index contributed by atoms with van der Waals surface area (Å²) >= 11 is 5.96. The molecule has 0 radical (unpaired) electrons. The quantitative estimate of drug-likeness (QED) is 0.474. The lowest BCUT2D eigenvalue weighted by Crippen LogP contribution is -2.53. The van der Waals surface area contributed by atoms with Gasteiger partial charge < -0.3 is 10.2 Å². The highest BCUT2D eigenvalue weighted by Gasteiger charge is 2.32. The minimum absolute atomic E-state index is 0.0117. The van der Waals surface area contributed by atoms with Gasteiger partial charge in [0.25, 0.3) is 0 Å². The number of hydrogen-bond acceptors (Lipinski definition) is 4. The van der Waals surface area contributed by atoms with Gasteiger partial charge in [-0.1, -0.05) is 37.6 Å². The van der Waals surface area contributed by atoms with Gasteiger partial charge in [-0.3, -0.25) is 13.9 Å². The maximum absolute atomic E-state index is 13.8. The Kier molecular flexibility index (Phi) is 10.0. The van der Waals surface area contributed by atoms with Gasteiger partial charge in [0.15, 0.2) is 11.6 Å². The van der Waals surface area contributed by atoms with Crippen LogP contribution in [-0.4, -0.2) is 50.0 Å². The maximum Gasteiger partial charge on any atom is 0.244 e. The number of sulfonamides is 1. The second kappa shape index (κ2) is 12.3. The van der Waals surface area contributed by atoms with Crippen molar-refractivity contribution in [3.8, 4) is 0 Å². The van der Waals surface area contributed by atoms with Crippen molar-refractivity contribution < 1.29 is 26.8 Å². The standard InChI is InChI=1S/C24H30ClF2N3O4S/c1-5-16(3)28-24(32)22(6-2)29(14-17-7-9-18(25)10-8-17)23(31)15-30(35(4,33)34)19-11-12-20(26)21(27)13-19/h7-13,16,22H,5-6,14-15H2,1-4H3,(H,28,32)/t16-,22+/m0/s1. The second-order valence-electron chi connectivity index (χ2n) is 8.26. The zero-order valence-corrected chi connectivity index (χ0v) is 21.7. The first-order valence-electron chi connectivity index (χ1n) is 11.1. The summed E-state index contributed by atoms with van der Waals surface area (Å²) < 4.78 is 52.9. The first-order valence-corrected chi connectivity index (χ1v) is 13.4. The molecule has 2 aromatic rings. The molecule has 0 bridgehead atoms. The molecule has 0 spiro atoms. The molecule has 0 saturated carbocycles. The van der Waals surface area contributed by atoms with Crippen molar-refractivity contribution in [3.05, 3.63) is 64.7 Å². The fourth-order valence-corrected chi connectivity index (χ4v) is 4.37. The number of anilines is 1. The Morgan fingerprint density at radius 1 is 1.03 bits per heavy atom. The molecule has 0 aliphatic carbocycles. The van der Waals surface area contributed by atoms with Crippen molar-refractivity contribution in [1.29, 1.82) is 0 Å². The molecule has 0 fully saturated rings. The average molecular weight is 530 g/mol. The molecule has 2 aromatic carbocycles. The molecule has 0 aromatic heterocycles. The Labute approximate surface area is 210 Å². The van der Waals surface area contributed by atoms with E-state index < -0.39 is 40.2 Å². The smallest absolute Gasteiger partial charge is 0.244 e. The van der Waals surface area contributed by atoms with Crippen molar-refractivity contribution in [2.24, 2.45) is 0 Å². The van der Waals surface area contributed by atoms with E-state index in [2.05, 4.69) is 5.32 Å². The van der Waals surface area contributed by atoms with Crippen LogP contribution < -0.4 is 9.62 Å². The number of rotatable bonds is 11. The molecule has 0 aliphatic rings. The molecule has 1 N–H and O–H groups in total. The van der Waals surface area contributed by atoms with E-state index in [-0.39, 0.29) is 30.6 Å². The molecular formula is C24H30ClF2N3O4S. The Bertz CT molecular complexity index is 1150. The number of nitrogens with one attached hydrogen (secondary N) is 1. The third-order valence-electron chi connectivity index (χ3n) is 5.52. The van der Waals surface area contributed by atoms with Gasteiger partial charge >= 0.3 is 0 Å². The molecule has 0 heterocycles. The largest absolute Gasteiger partial charge is 0.352 e. The number of halogens is 3. The lowest BCUT2D eigenvalue weighted by atomic mass is 10.1. The van der Waals surface area contributed by atoms with Crippen LogP contribution in [-0.2, 0) is 26.2 Å². The van der Waals surface area contributed by atoms with E-state index >= 15 is 0 Å². The van der Waals surface area contributed by atoms with E-state index in [1.807, 2.05) is 13.8 Å². The van der Waals surface area contributed by atoms with Gasteiger partial charge in [-0.25, -0.2) is 17.2 Å². The molecule has 0 saturated heterocycles.